The number of carbonyl (C=O) groups is 1. The molecule has 0 atom stereocenters. The van der Waals surface area contributed by atoms with Gasteiger partial charge < -0.3 is 4.90 Å². The highest BCUT2D eigenvalue weighted by atomic mass is 35.5. The summed E-state index contributed by atoms with van der Waals surface area (Å²) in [7, 11) is 0. The summed E-state index contributed by atoms with van der Waals surface area (Å²) in [6.45, 7) is 0. The quantitative estimate of drug-likeness (QED) is 0.431. The number of non-ortho nitro benzene ring substituents is 1. The second kappa shape index (κ2) is 7.32. The van der Waals surface area contributed by atoms with Gasteiger partial charge in [0.2, 0.25) is 0 Å². The van der Waals surface area contributed by atoms with Crippen molar-refractivity contribution in [2.45, 2.75) is 6.42 Å². The zero-order valence-electron chi connectivity index (χ0n) is 13.2. The van der Waals surface area contributed by atoms with Crippen LogP contribution in [0.2, 0.25) is 5.02 Å². The first-order valence-electron chi connectivity index (χ1n) is 7.71. The Balaban J connectivity index is 1.62. The molecule has 2 aromatic carbocycles. The molecule has 0 amide bonds. The number of ketones is 1. The van der Waals surface area contributed by atoms with Crippen molar-refractivity contribution < 1.29 is 9.72 Å². The van der Waals surface area contributed by atoms with E-state index in [0.29, 0.717) is 17.0 Å². The van der Waals surface area contributed by atoms with Crippen LogP contribution in [-0.2, 0) is 0 Å². The molecular weight excluding hydrogens is 340 g/mol. The van der Waals surface area contributed by atoms with Crippen LogP contribution >= 0.6 is 11.6 Å². The number of nitro groups is 1. The van der Waals surface area contributed by atoms with Gasteiger partial charge in [0.1, 0.15) is 0 Å². The number of anilines is 1. The van der Waals surface area contributed by atoms with E-state index in [-0.39, 0.29) is 17.4 Å². The van der Waals surface area contributed by atoms with Crippen molar-refractivity contribution in [2.75, 3.05) is 4.90 Å². The Kier molecular flexibility index (Phi) is 4.95. The summed E-state index contributed by atoms with van der Waals surface area (Å²) < 4.78 is 0. The highest BCUT2D eigenvalue weighted by molar-refractivity contribution is 6.30. The first-order chi connectivity index (χ1) is 12.0. The smallest absolute Gasteiger partial charge is 0.269 e. The van der Waals surface area contributed by atoms with Crippen LogP contribution in [0.15, 0.2) is 73.1 Å². The average molecular weight is 355 g/mol. The van der Waals surface area contributed by atoms with Gasteiger partial charge in [0, 0.05) is 53.1 Å². The molecule has 3 rings (SSSR count). The molecule has 0 aliphatic carbocycles. The topological polar surface area (TPSA) is 63.5 Å². The lowest BCUT2D eigenvalue weighted by Crippen LogP contribution is -2.14. The largest absolute Gasteiger partial charge is 0.324 e. The number of Topliss-reactive ketones (excluding diaryl/α,β-unsaturated/α-hetero) is 1. The average Bonchev–Trinajstić information content (AvgIpc) is 2.63. The molecule has 0 bridgehead atoms. The van der Waals surface area contributed by atoms with Crippen LogP contribution in [0.3, 0.4) is 0 Å². The molecule has 0 N–H and O–H groups in total. The molecule has 0 spiro atoms. The maximum absolute atomic E-state index is 12.3. The van der Waals surface area contributed by atoms with Crippen molar-refractivity contribution >= 4 is 28.8 Å². The Bertz CT molecular complexity index is 828. The number of allylic oxidation sites excluding steroid dienone is 2. The molecule has 25 heavy (non-hydrogen) atoms. The third kappa shape index (κ3) is 4.14. The zero-order chi connectivity index (χ0) is 17.8. The van der Waals surface area contributed by atoms with Crippen molar-refractivity contribution in [1.82, 2.24) is 0 Å². The van der Waals surface area contributed by atoms with E-state index in [1.807, 2.05) is 53.7 Å². The van der Waals surface area contributed by atoms with Crippen molar-refractivity contribution in [3.05, 3.63) is 93.8 Å². The molecule has 0 fully saturated rings. The molecule has 5 nitrogen and oxygen atoms in total. The molecule has 0 saturated carbocycles. The van der Waals surface area contributed by atoms with Gasteiger partial charge >= 0.3 is 0 Å². The molecule has 0 saturated heterocycles. The van der Waals surface area contributed by atoms with E-state index in [0.717, 1.165) is 5.69 Å². The van der Waals surface area contributed by atoms with Crippen molar-refractivity contribution in [1.29, 1.82) is 0 Å². The van der Waals surface area contributed by atoms with Crippen LogP contribution in [0, 0.1) is 16.0 Å². The number of carbonyl (C=O) groups excluding carboxylic acids is 1. The molecule has 1 aliphatic heterocycles. The molecule has 1 aliphatic rings. The van der Waals surface area contributed by atoms with Gasteiger partial charge in [-0.3, -0.25) is 14.9 Å². The van der Waals surface area contributed by atoms with Crippen LogP contribution in [0.1, 0.15) is 16.8 Å². The molecule has 6 heteroatoms. The Morgan fingerprint density at radius 3 is 2.20 bits per heavy atom. The number of benzene rings is 2. The van der Waals surface area contributed by atoms with Gasteiger partial charge in [0.15, 0.2) is 5.78 Å². The van der Waals surface area contributed by atoms with Crippen molar-refractivity contribution in [2.24, 2.45) is 5.92 Å². The molecule has 126 valence electrons. The van der Waals surface area contributed by atoms with E-state index in [2.05, 4.69) is 0 Å². The lowest BCUT2D eigenvalue weighted by molar-refractivity contribution is -0.384. The summed E-state index contributed by atoms with van der Waals surface area (Å²) in [4.78, 5) is 24.4. The zero-order valence-corrected chi connectivity index (χ0v) is 14.0. The Labute approximate surface area is 150 Å². The van der Waals surface area contributed by atoms with Gasteiger partial charge in [-0.15, -0.1) is 0 Å². The van der Waals surface area contributed by atoms with Crippen molar-refractivity contribution in [3.8, 4) is 0 Å². The van der Waals surface area contributed by atoms with Crippen LogP contribution < -0.4 is 4.90 Å². The highest BCUT2D eigenvalue weighted by Gasteiger charge is 2.15. The molecule has 0 radical (unpaired) electrons. The minimum absolute atomic E-state index is 0.00811. The summed E-state index contributed by atoms with van der Waals surface area (Å²) in [5.41, 5.74) is 1.44. The van der Waals surface area contributed by atoms with Gasteiger partial charge in [0.25, 0.3) is 5.69 Å². The lowest BCUT2D eigenvalue weighted by atomic mass is 9.96. The number of rotatable bonds is 5. The van der Waals surface area contributed by atoms with Crippen molar-refractivity contribution in [3.63, 3.8) is 0 Å². The maximum atomic E-state index is 12.3. The lowest BCUT2D eigenvalue weighted by Gasteiger charge is -2.21. The third-order valence-electron chi connectivity index (χ3n) is 3.93. The van der Waals surface area contributed by atoms with E-state index in [1.54, 1.807) is 0 Å². The molecule has 0 aromatic heterocycles. The van der Waals surface area contributed by atoms with Gasteiger partial charge in [0.05, 0.1) is 4.92 Å². The summed E-state index contributed by atoms with van der Waals surface area (Å²) >= 11 is 5.89. The van der Waals surface area contributed by atoms with Gasteiger partial charge in [-0.1, -0.05) is 23.8 Å². The molecular formula is C19H15ClN2O3. The number of hydrogen-bond acceptors (Lipinski definition) is 4. The summed E-state index contributed by atoms with van der Waals surface area (Å²) in [6.07, 6.45) is 8.06. The van der Waals surface area contributed by atoms with Gasteiger partial charge in [-0.05, 0) is 36.4 Å². The fourth-order valence-electron chi connectivity index (χ4n) is 2.54. The minimum Gasteiger partial charge on any atom is -0.324 e. The predicted molar refractivity (Wildman–Crippen MR) is 97.7 cm³/mol. The fraction of sp³-hybridized carbons (Fsp3) is 0.105. The van der Waals surface area contributed by atoms with E-state index >= 15 is 0 Å². The summed E-state index contributed by atoms with van der Waals surface area (Å²) in [5, 5.41) is 11.3. The number of halogens is 1. The summed E-state index contributed by atoms with van der Waals surface area (Å²) in [6, 6.07) is 13.2. The van der Waals surface area contributed by atoms with Crippen LogP contribution in [0.4, 0.5) is 11.4 Å². The third-order valence-corrected chi connectivity index (χ3v) is 4.19. The SMILES string of the molecule is O=C(CC1C=CN(c2ccc(Cl)cc2)C=C1)c1ccc([N+](=O)[O-])cc1. The first kappa shape index (κ1) is 16.9. The Morgan fingerprint density at radius 2 is 1.64 bits per heavy atom. The first-order valence-corrected chi connectivity index (χ1v) is 8.09. The number of nitro benzene ring substituents is 1. The second-order valence-electron chi connectivity index (χ2n) is 5.66. The monoisotopic (exact) mass is 354 g/mol. The van der Waals surface area contributed by atoms with Crippen LogP contribution in [-0.4, -0.2) is 10.7 Å². The highest BCUT2D eigenvalue weighted by Crippen LogP contribution is 2.24. The van der Waals surface area contributed by atoms with Gasteiger partial charge in [-0.2, -0.15) is 0 Å². The van der Waals surface area contributed by atoms with Gasteiger partial charge in [-0.25, -0.2) is 0 Å². The second-order valence-corrected chi connectivity index (χ2v) is 6.10. The Morgan fingerprint density at radius 1 is 1.04 bits per heavy atom. The van der Waals surface area contributed by atoms with Crippen LogP contribution in [0.25, 0.3) is 0 Å². The molecule has 1 heterocycles. The van der Waals surface area contributed by atoms with E-state index < -0.39 is 4.92 Å². The standard InChI is InChI=1S/C19H15ClN2O3/c20-16-3-7-17(8-4-16)21-11-9-14(10-12-21)13-19(23)15-1-5-18(6-2-15)22(24)25/h1-12,14H,13H2. The molecule has 2 aromatic rings. The van der Waals surface area contributed by atoms with E-state index in [4.69, 9.17) is 11.6 Å². The van der Waals surface area contributed by atoms with Crippen LogP contribution in [0.5, 0.6) is 0 Å². The molecule has 0 unspecified atom stereocenters. The van der Waals surface area contributed by atoms with E-state index in [1.165, 1.54) is 24.3 Å². The number of hydrogen-bond donors (Lipinski definition) is 0. The normalized spacial score (nSPS) is 13.9. The maximum Gasteiger partial charge on any atom is 0.269 e. The van der Waals surface area contributed by atoms with E-state index in [9.17, 15) is 14.9 Å². The number of nitrogens with zero attached hydrogens (tertiary/aromatic N) is 2. The summed E-state index contributed by atoms with van der Waals surface area (Å²) in [5.74, 6) is -0.0552. The predicted octanol–water partition coefficient (Wildman–Crippen LogP) is 4.98. The minimum atomic E-state index is -0.480. The fourth-order valence-corrected chi connectivity index (χ4v) is 2.67. The Hall–Kier alpha value is -2.92.